The Bertz CT molecular complexity index is 3530. The number of piperazine rings is 2. The molecule has 2 aliphatic heterocycles. The molecular formula is C60H59F6IN10O2. The summed E-state index contributed by atoms with van der Waals surface area (Å²) < 4.78 is 87.3. The molecule has 2 saturated heterocycles. The van der Waals surface area contributed by atoms with E-state index in [1.807, 2.05) is 57.1 Å². The first-order valence-electron chi connectivity index (χ1n) is 25.6. The number of rotatable bonds is 11. The van der Waals surface area contributed by atoms with Gasteiger partial charge in [0.2, 0.25) is 0 Å². The Hall–Kier alpha value is -7.09. The SMILES string of the molecule is C=Cc1cnc2cccnn12.Cc1ccc(C(=O)Cc2ccc(CN3CCN(C)CC3)c(C(F)(F)F)c2)cc1C#Cc1cnc2cccnn12.Cc1ccc(C(=O)Cc2ccc(CN3CCN(C)CC3)cc2C(F)(F)F)cc1I. The lowest BCUT2D eigenvalue weighted by Crippen LogP contribution is -2.44. The number of halogens is 7. The Kier molecular flexibility index (Phi) is 19.0. The zero-order chi connectivity index (χ0) is 56.4. The van der Waals surface area contributed by atoms with E-state index in [1.165, 1.54) is 18.2 Å². The topological polar surface area (TPSA) is 107 Å². The van der Waals surface area contributed by atoms with Gasteiger partial charge in [0.1, 0.15) is 5.69 Å². The highest BCUT2D eigenvalue weighted by Gasteiger charge is 2.35. The molecule has 0 N–H and O–H groups in total. The van der Waals surface area contributed by atoms with Crippen molar-refractivity contribution in [2.24, 2.45) is 0 Å². The van der Waals surface area contributed by atoms with Crippen LogP contribution in [-0.4, -0.2) is 127 Å². The summed E-state index contributed by atoms with van der Waals surface area (Å²) in [7, 11) is 4.05. The Morgan fingerprint density at radius 1 is 0.608 bits per heavy atom. The third-order valence-corrected chi connectivity index (χ3v) is 15.0. The zero-order valence-electron chi connectivity index (χ0n) is 44.3. The van der Waals surface area contributed by atoms with Gasteiger partial charge in [0.15, 0.2) is 22.9 Å². The van der Waals surface area contributed by atoms with E-state index in [0.717, 1.165) is 84.5 Å². The van der Waals surface area contributed by atoms with Crippen molar-refractivity contribution in [2.45, 2.75) is 52.1 Å². The molecule has 19 heteroatoms. The second-order valence-corrected chi connectivity index (χ2v) is 20.9. The fraction of sp³-hybridized carbons (Fsp3) is 0.300. The van der Waals surface area contributed by atoms with Gasteiger partial charge in [0.25, 0.3) is 0 Å². The van der Waals surface area contributed by atoms with Crippen LogP contribution in [0.15, 0.2) is 128 Å². The van der Waals surface area contributed by atoms with Crippen molar-refractivity contribution in [3.8, 4) is 11.8 Å². The summed E-state index contributed by atoms with van der Waals surface area (Å²) in [6, 6.07) is 26.4. The summed E-state index contributed by atoms with van der Waals surface area (Å²) in [6.45, 7) is 14.8. The van der Waals surface area contributed by atoms with E-state index < -0.39 is 23.5 Å². The maximum absolute atomic E-state index is 14.0. The molecule has 0 bridgehead atoms. The largest absolute Gasteiger partial charge is 0.416 e. The average molecular weight is 1190 g/mol. The van der Waals surface area contributed by atoms with Gasteiger partial charge in [-0.3, -0.25) is 19.4 Å². The summed E-state index contributed by atoms with van der Waals surface area (Å²) in [5.74, 6) is 5.56. The van der Waals surface area contributed by atoms with Crippen LogP contribution < -0.4 is 0 Å². The van der Waals surface area contributed by atoms with Crippen LogP contribution >= 0.6 is 22.6 Å². The minimum absolute atomic E-state index is 0.0280. The summed E-state index contributed by atoms with van der Waals surface area (Å²) in [5, 5.41) is 8.34. The number of fused-ring (bicyclic) bond motifs is 2. The minimum Gasteiger partial charge on any atom is -0.304 e. The maximum Gasteiger partial charge on any atom is 0.416 e. The second-order valence-electron chi connectivity index (χ2n) is 19.7. The number of aryl methyl sites for hydroxylation is 2. The number of hydrogen-bond acceptors (Lipinski definition) is 10. The fourth-order valence-corrected chi connectivity index (χ4v) is 9.59. The molecule has 12 nitrogen and oxygen atoms in total. The van der Waals surface area contributed by atoms with Crippen LogP contribution in [0, 0.1) is 29.3 Å². The van der Waals surface area contributed by atoms with Gasteiger partial charge in [-0.2, -0.15) is 36.5 Å². The predicted octanol–water partition coefficient (Wildman–Crippen LogP) is 10.8. The van der Waals surface area contributed by atoms with Crippen molar-refractivity contribution in [1.29, 1.82) is 0 Å². The molecule has 0 unspecified atom stereocenters. The number of carbonyl (C=O) groups is 2. The van der Waals surface area contributed by atoms with Crippen LogP contribution in [0.3, 0.4) is 0 Å². The first kappa shape index (κ1) is 58.1. The van der Waals surface area contributed by atoms with Crippen LogP contribution in [0.5, 0.6) is 0 Å². The van der Waals surface area contributed by atoms with E-state index in [0.29, 0.717) is 45.7 Å². The summed E-state index contributed by atoms with van der Waals surface area (Å²) in [4.78, 5) is 42.7. The van der Waals surface area contributed by atoms with E-state index in [-0.39, 0.29) is 42.1 Å². The van der Waals surface area contributed by atoms with E-state index in [1.54, 1.807) is 88.4 Å². The number of nitrogens with zero attached hydrogens (tertiary/aromatic N) is 10. The summed E-state index contributed by atoms with van der Waals surface area (Å²) >= 11 is 2.13. The number of likely N-dealkylation sites (N-methyl/N-ethyl adjacent to an activating group) is 2. The molecule has 0 saturated carbocycles. The first-order chi connectivity index (χ1) is 37.7. The molecule has 0 atom stereocenters. The minimum atomic E-state index is -4.50. The number of benzene rings is 4. The van der Waals surface area contributed by atoms with Gasteiger partial charge in [0.05, 0.1) is 29.2 Å². The molecule has 410 valence electrons. The van der Waals surface area contributed by atoms with Gasteiger partial charge >= 0.3 is 12.4 Å². The average Bonchev–Trinajstić information content (AvgIpc) is 4.16. The highest BCUT2D eigenvalue weighted by Crippen LogP contribution is 2.35. The van der Waals surface area contributed by atoms with E-state index in [2.05, 4.69) is 75.9 Å². The molecular weight excluding hydrogens is 1130 g/mol. The second kappa shape index (κ2) is 25.8. The van der Waals surface area contributed by atoms with Crippen LogP contribution in [0.2, 0.25) is 0 Å². The number of alkyl halides is 6. The molecule has 0 radical (unpaired) electrons. The quantitative estimate of drug-likeness (QED) is 0.0538. The molecule has 4 aromatic carbocycles. The summed E-state index contributed by atoms with van der Waals surface area (Å²) in [6.07, 6.45) is -0.910. The number of imidazole rings is 2. The van der Waals surface area contributed by atoms with Crippen LogP contribution in [0.25, 0.3) is 17.4 Å². The lowest BCUT2D eigenvalue weighted by Gasteiger charge is -2.33. The molecule has 8 aromatic rings. The van der Waals surface area contributed by atoms with E-state index in [4.69, 9.17) is 0 Å². The molecule has 2 aliphatic rings. The molecule has 6 heterocycles. The van der Waals surface area contributed by atoms with Gasteiger partial charge in [0, 0.05) is 111 Å². The van der Waals surface area contributed by atoms with Crippen molar-refractivity contribution < 1.29 is 35.9 Å². The van der Waals surface area contributed by atoms with Crippen molar-refractivity contribution in [3.05, 3.63) is 205 Å². The fourth-order valence-electron chi connectivity index (χ4n) is 9.08. The van der Waals surface area contributed by atoms with E-state index in [9.17, 15) is 35.9 Å². The van der Waals surface area contributed by atoms with Gasteiger partial charge in [-0.1, -0.05) is 61.0 Å². The smallest absolute Gasteiger partial charge is 0.304 e. The number of hydrogen-bond donors (Lipinski definition) is 0. The molecule has 79 heavy (non-hydrogen) atoms. The highest BCUT2D eigenvalue weighted by atomic mass is 127. The molecule has 0 amide bonds. The van der Waals surface area contributed by atoms with Crippen LogP contribution in [0.1, 0.15) is 82.2 Å². The Balaban J connectivity index is 0.000000179. The van der Waals surface area contributed by atoms with E-state index >= 15 is 0 Å². The monoisotopic (exact) mass is 1190 g/mol. The maximum atomic E-state index is 14.0. The lowest BCUT2D eigenvalue weighted by molar-refractivity contribution is -0.139. The third-order valence-electron chi connectivity index (χ3n) is 13.8. The van der Waals surface area contributed by atoms with Crippen molar-refractivity contribution >= 4 is 51.5 Å². The number of carbonyl (C=O) groups excluding carboxylic acids is 2. The standard InChI is InChI=1S/C30H28F3N5O.C22H24F3IN2O.C8H7N3/c1-21-5-7-24(18-23(21)9-10-26-19-34-29-4-3-11-35-38(26)29)28(39)17-22-6-8-25(27(16-22)30(31,32)33)20-37-14-12-36(2)13-15-37;1-15-3-5-18(12-20(15)26)21(29)13-17-6-4-16(11-19(17)22(23,24)25)14-28-9-7-27(2)8-10-28;1-2-7-6-9-8-4-3-5-10-11(7)8/h3-8,11,16,18-19H,12-15,17,20H2,1-2H3;3-6,11-12H,7-10,13-14H2,1-2H3;2-6H,1H2. The molecule has 4 aromatic heterocycles. The zero-order valence-corrected chi connectivity index (χ0v) is 46.4. The van der Waals surface area contributed by atoms with Crippen molar-refractivity contribution in [3.63, 3.8) is 0 Å². The van der Waals surface area contributed by atoms with Crippen molar-refractivity contribution in [2.75, 3.05) is 66.5 Å². The lowest BCUT2D eigenvalue weighted by atomic mass is 9.96. The first-order valence-corrected chi connectivity index (χ1v) is 26.6. The summed E-state index contributed by atoms with van der Waals surface area (Å²) in [5.41, 5.74) is 6.30. The number of ketones is 2. The van der Waals surface area contributed by atoms with Gasteiger partial charge < -0.3 is 9.80 Å². The van der Waals surface area contributed by atoms with Gasteiger partial charge in [-0.15, -0.1) is 0 Å². The molecule has 2 fully saturated rings. The normalized spacial score (nSPS) is 14.7. The third kappa shape index (κ3) is 15.4. The molecule has 0 aliphatic carbocycles. The number of Topliss-reactive ketones (excluding diaryl/α,β-unsaturated/α-hetero) is 2. The highest BCUT2D eigenvalue weighted by molar-refractivity contribution is 14.1. The molecule has 10 rings (SSSR count). The molecule has 0 spiro atoms. The van der Waals surface area contributed by atoms with Crippen LogP contribution in [-0.2, 0) is 38.3 Å². The van der Waals surface area contributed by atoms with Crippen molar-refractivity contribution in [1.82, 2.24) is 48.8 Å². The Morgan fingerprint density at radius 2 is 1.14 bits per heavy atom. The van der Waals surface area contributed by atoms with Gasteiger partial charge in [-0.05, 0) is 144 Å². The Labute approximate surface area is 468 Å². The number of aromatic nitrogens is 6. The Morgan fingerprint density at radius 3 is 1.77 bits per heavy atom. The predicted molar refractivity (Wildman–Crippen MR) is 302 cm³/mol. The van der Waals surface area contributed by atoms with Gasteiger partial charge in [-0.25, -0.2) is 19.0 Å². The van der Waals surface area contributed by atoms with Crippen LogP contribution in [0.4, 0.5) is 26.3 Å².